The van der Waals surface area contributed by atoms with Crippen molar-refractivity contribution in [1.82, 2.24) is 24.8 Å². The molecule has 3 fully saturated rings. The van der Waals surface area contributed by atoms with Gasteiger partial charge in [-0.15, -0.1) is 0 Å². The summed E-state index contributed by atoms with van der Waals surface area (Å²) >= 11 is 0. The second-order valence-corrected chi connectivity index (χ2v) is 10.6. The summed E-state index contributed by atoms with van der Waals surface area (Å²) in [6.45, 7) is 9.78. The number of piperazine rings is 1. The third kappa shape index (κ3) is 4.52. The maximum Gasteiger partial charge on any atom is 0.337 e. The van der Waals surface area contributed by atoms with Gasteiger partial charge in [-0.25, -0.2) is 19.7 Å². The SMILES string of the molecule is Cc1cc(C(=O)O)cnc1N1CCN(c2cc(-c3ccncc3)nc(C3C(C)CN4CCCC34)n2)CC1. The van der Waals surface area contributed by atoms with Crippen LogP contribution in [0.1, 0.15) is 47.4 Å². The number of fused-ring (bicyclic) bond motifs is 1. The van der Waals surface area contributed by atoms with Crippen LogP contribution in [-0.2, 0) is 0 Å². The number of nitrogens with zero attached hydrogens (tertiary/aromatic N) is 7. The number of rotatable bonds is 5. The summed E-state index contributed by atoms with van der Waals surface area (Å²) in [5.41, 5.74) is 3.12. The van der Waals surface area contributed by atoms with E-state index in [0.717, 1.165) is 67.0 Å². The van der Waals surface area contributed by atoms with Gasteiger partial charge in [-0.3, -0.25) is 9.88 Å². The van der Waals surface area contributed by atoms with Crippen LogP contribution in [0, 0.1) is 12.8 Å². The van der Waals surface area contributed by atoms with Crippen molar-refractivity contribution in [2.24, 2.45) is 5.92 Å². The lowest BCUT2D eigenvalue weighted by molar-refractivity contribution is 0.0696. The van der Waals surface area contributed by atoms with Crippen molar-refractivity contribution in [3.63, 3.8) is 0 Å². The van der Waals surface area contributed by atoms with Gasteiger partial charge in [0.2, 0.25) is 0 Å². The Balaban J connectivity index is 1.28. The van der Waals surface area contributed by atoms with Crippen molar-refractivity contribution >= 4 is 17.6 Å². The van der Waals surface area contributed by atoms with E-state index in [-0.39, 0.29) is 5.56 Å². The van der Waals surface area contributed by atoms with Crippen LogP contribution >= 0.6 is 0 Å². The standard InChI is InChI=1S/C28H33N7O2/c1-18-14-21(28(36)37)16-30-27(18)34-12-10-33(11-13-34)24-15-22(20-5-7-29-8-6-20)31-26(32-24)25-19(2)17-35-9-3-4-23(25)35/h5-8,14-16,19,23,25H,3-4,9-13,17H2,1-2H3,(H,36,37). The molecule has 3 atom stereocenters. The molecule has 9 nitrogen and oxygen atoms in total. The number of anilines is 2. The van der Waals surface area contributed by atoms with E-state index in [0.29, 0.717) is 17.9 Å². The van der Waals surface area contributed by atoms with Crippen LogP contribution in [0.15, 0.2) is 42.9 Å². The first-order valence-electron chi connectivity index (χ1n) is 13.2. The van der Waals surface area contributed by atoms with Gasteiger partial charge < -0.3 is 14.9 Å². The maximum absolute atomic E-state index is 11.3. The van der Waals surface area contributed by atoms with E-state index in [9.17, 15) is 9.90 Å². The van der Waals surface area contributed by atoms with Crippen LogP contribution in [0.2, 0.25) is 0 Å². The highest BCUT2D eigenvalue weighted by Gasteiger charge is 2.44. The Morgan fingerprint density at radius 1 is 1.03 bits per heavy atom. The third-order valence-electron chi connectivity index (χ3n) is 8.17. The lowest BCUT2D eigenvalue weighted by Gasteiger charge is -2.37. The van der Waals surface area contributed by atoms with E-state index < -0.39 is 5.97 Å². The molecule has 9 heteroatoms. The molecular formula is C28H33N7O2. The molecular weight excluding hydrogens is 466 g/mol. The largest absolute Gasteiger partial charge is 0.478 e. The average molecular weight is 500 g/mol. The summed E-state index contributed by atoms with van der Waals surface area (Å²) in [6, 6.07) is 8.39. The van der Waals surface area contributed by atoms with E-state index in [1.54, 1.807) is 6.07 Å². The van der Waals surface area contributed by atoms with Gasteiger partial charge in [0.15, 0.2) is 0 Å². The maximum atomic E-state index is 11.3. The monoisotopic (exact) mass is 499 g/mol. The van der Waals surface area contributed by atoms with Crippen molar-refractivity contribution in [2.75, 3.05) is 49.1 Å². The minimum atomic E-state index is -0.950. The molecule has 0 bridgehead atoms. The molecule has 0 radical (unpaired) electrons. The first-order valence-corrected chi connectivity index (χ1v) is 13.2. The Morgan fingerprint density at radius 3 is 2.51 bits per heavy atom. The molecule has 0 amide bonds. The molecule has 1 N–H and O–H groups in total. The highest BCUT2D eigenvalue weighted by atomic mass is 16.4. The van der Waals surface area contributed by atoms with Crippen LogP contribution in [0.25, 0.3) is 11.3 Å². The Bertz CT molecular complexity index is 1290. The molecule has 3 aromatic heterocycles. The molecule has 6 rings (SSSR count). The van der Waals surface area contributed by atoms with E-state index in [4.69, 9.17) is 9.97 Å². The highest BCUT2D eigenvalue weighted by Crippen LogP contribution is 2.42. The van der Waals surface area contributed by atoms with E-state index in [2.05, 4.69) is 37.7 Å². The van der Waals surface area contributed by atoms with Gasteiger partial charge in [0.25, 0.3) is 0 Å². The Morgan fingerprint density at radius 2 is 1.78 bits per heavy atom. The van der Waals surface area contributed by atoms with Crippen molar-refractivity contribution in [2.45, 2.75) is 38.6 Å². The van der Waals surface area contributed by atoms with Gasteiger partial charge in [0.1, 0.15) is 17.5 Å². The summed E-state index contributed by atoms with van der Waals surface area (Å²) in [6.07, 6.45) is 7.56. The highest BCUT2D eigenvalue weighted by molar-refractivity contribution is 5.87. The van der Waals surface area contributed by atoms with Crippen molar-refractivity contribution in [3.8, 4) is 11.3 Å². The van der Waals surface area contributed by atoms with Gasteiger partial charge in [0.05, 0.1) is 11.3 Å². The number of hydrogen-bond donors (Lipinski definition) is 1. The van der Waals surface area contributed by atoms with Crippen molar-refractivity contribution in [1.29, 1.82) is 0 Å². The summed E-state index contributed by atoms with van der Waals surface area (Å²) in [7, 11) is 0. The second kappa shape index (κ2) is 9.70. The first kappa shape index (κ1) is 23.8. The molecule has 192 valence electrons. The van der Waals surface area contributed by atoms with Gasteiger partial charge in [0, 0.05) is 74.9 Å². The fourth-order valence-electron chi connectivity index (χ4n) is 6.37. The van der Waals surface area contributed by atoms with Gasteiger partial charge in [-0.05, 0) is 56.0 Å². The lowest BCUT2D eigenvalue weighted by atomic mass is 9.89. The van der Waals surface area contributed by atoms with Crippen LogP contribution < -0.4 is 9.80 Å². The first-order chi connectivity index (χ1) is 18.0. The number of carboxylic acids is 1. The molecule has 3 aromatic rings. The molecule has 3 aliphatic rings. The predicted molar refractivity (Wildman–Crippen MR) is 142 cm³/mol. The van der Waals surface area contributed by atoms with Gasteiger partial charge >= 0.3 is 5.97 Å². The van der Waals surface area contributed by atoms with Crippen LogP contribution in [-0.4, -0.2) is 81.2 Å². The van der Waals surface area contributed by atoms with Crippen molar-refractivity contribution < 1.29 is 9.90 Å². The molecule has 0 saturated carbocycles. The molecule has 3 aliphatic heterocycles. The number of aryl methyl sites for hydroxylation is 1. The zero-order valence-electron chi connectivity index (χ0n) is 21.4. The fourth-order valence-corrected chi connectivity index (χ4v) is 6.37. The molecule has 0 aromatic carbocycles. The molecule has 3 saturated heterocycles. The molecule has 3 unspecified atom stereocenters. The molecule has 6 heterocycles. The Kier molecular flexibility index (Phi) is 6.24. The quantitative estimate of drug-likeness (QED) is 0.566. The second-order valence-electron chi connectivity index (χ2n) is 10.6. The van der Waals surface area contributed by atoms with E-state index >= 15 is 0 Å². The normalized spacial score (nSPS) is 23.9. The number of hydrogen-bond acceptors (Lipinski definition) is 8. The Labute approximate surface area is 217 Å². The zero-order valence-corrected chi connectivity index (χ0v) is 21.4. The zero-order chi connectivity index (χ0) is 25.5. The molecule has 0 aliphatic carbocycles. The van der Waals surface area contributed by atoms with Gasteiger partial charge in [-0.1, -0.05) is 6.92 Å². The van der Waals surface area contributed by atoms with Crippen LogP contribution in [0.4, 0.5) is 11.6 Å². The number of aromatic nitrogens is 4. The average Bonchev–Trinajstić information content (AvgIpc) is 3.49. The minimum absolute atomic E-state index is 0.221. The number of aromatic carboxylic acids is 1. The van der Waals surface area contributed by atoms with Gasteiger partial charge in [-0.2, -0.15) is 0 Å². The Hall–Kier alpha value is -3.59. The summed E-state index contributed by atoms with van der Waals surface area (Å²) in [5, 5.41) is 9.27. The fraction of sp³-hybridized carbons (Fsp3) is 0.464. The minimum Gasteiger partial charge on any atom is -0.478 e. The van der Waals surface area contributed by atoms with E-state index in [1.807, 2.05) is 31.5 Å². The van der Waals surface area contributed by atoms with Crippen molar-refractivity contribution in [3.05, 3.63) is 59.8 Å². The number of carbonyl (C=O) groups is 1. The van der Waals surface area contributed by atoms with Crippen LogP contribution in [0.5, 0.6) is 0 Å². The number of pyridine rings is 2. The molecule has 37 heavy (non-hydrogen) atoms. The third-order valence-corrected chi connectivity index (χ3v) is 8.17. The summed E-state index contributed by atoms with van der Waals surface area (Å²) in [5.74, 6) is 2.73. The summed E-state index contributed by atoms with van der Waals surface area (Å²) < 4.78 is 0. The predicted octanol–water partition coefficient (Wildman–Crippen LogP) is 3.46. The van der Waals surface area contributed by atoms with E-state index in [1.165, 1.54) is 25.6 Å². The van der Waals surface area contributed by atoms with Crippen LogP contribution in [0.3, 0.4) is 0 Å². The summed E-state index contributed by atoms with van der Waals surface area (Å²) in [4.78, 5) is 37.5. The molecule has 0 spiro atoms. The smallest absolute Gasteiger partial charge is 0.337 e. The topological polar surface area (TPSA) is 98.6 Å². The number of carboxylic acid groups (broad SMARTS) is 1. The lowest BCUT2D eigenvalue weighted by Crippen LogP contribution is -2.47.